The fraction of sp³-hybridized carbons (Fsp3) is 0.421. The topological polar surface area (TPSA) is 203 Å². The highest BCUT2D eigenvalue weighted by Gasteiger charge is 2.34. The van der Waals surface area contributed by atoms with Crippen molar-refractivity contribution in [1.29, 1.82) is 0 Å². The number of nitrogens with zero attached hydrogens (tertiary/aromatic N) is 4. The van der Waals surface area contributed by atoms with Gasteiger partial charge in [-0.3, -0.25) is 9.59 Å². The zero-order chi connectivity index (χ0) is 37.1. The SMILES string of the molecule is Cc1c(-c2ccc(-c3cnc([C@@H]4CCCN4C(=O)C[C@H](C)OC(N)=O)[nH]3)cc2)ccc(-c2cnc([C@@H]3CCCN3C(=O)C[C@H](C)OC(N)=O)[nH]2)c1C. The summed E-state index contributed by atoms with van der Waals surface area (Å²) in [5.74, 6) is 1.27. The van der Waals surface area contributed by atoms with Gasteiger partial charge < -0.3 is 40.7 Å². The molecule has 6 rings (SSSR count). The van der Waals surface area contributed by atoms with Gasteiger partial charge in [0.1, 0.15) is 23.9 Å². The smallest absolute Gasteiger partial charge is 0.404 e. The summed E-state index contributed by atoms with van der Waals surface area (Å²) in [6, 6.07) is 12.2. The van der Waals surface area contributed by atoms with Crippen LogP contribution in [-0.2, 0) is 19.1 Å². The minimum atomic E-state index is -0.892. The molecule has 2 aromatic carbocycles. The zero-order valence-electron chi connectivity index (χ0n) is 30.0. The van der Waals surface area contributed by atoms with E-state index in [0.29, 0.717) is 13.1 Å². The molecule has 274 valence electrons. The molecular formula is C38H46N8O6. The monoisotopic (exact) mass is 710 g/mol. The Labute approximate surface area is 302 Å². The standard InChI is InChI=1S/C38H46N8O6/c1-21(51-37(39)49)17-33(47)45-15-5-7-31(45)35-41-19-29(43-35)26-11-9-25(10-12-26)27-13-14-28(24(4)23(27)3)30-20-42-36(44-30)32-8-6-16-46(32)34(48)18-22(2)52-38(40)50/h9-14,19-22,31-32H,5-8,15-18H2,1-4H3,(H2,39,49)(H2,40,50)(H,41,43)(H,42,44)/t21-,22-,31-,32-/m0/s1. The number of H-pyrrole nitrogens is 2. The molecule has 2 aliphatic rings. The van der Waals surface area contributed by atoms with Crippen molar-refractivity contribution in [2.75, 3.05) is 13.1 Å². The summed E-state index contributed by atoms with van der Waals surface area (Å²) in [6.07, 6.45) is 4.09. The zero-order valence-corrected chi connectivity index (χ0v) is 30.0. The molecule has 0 saturated carbocycles. The number of hydrogen-bond donors (Lipinski definition) is 4. The first-order chi connectivity index (χ1) is 24.9. The van der Waals surface area contributed by atoms with Crippen molar-refractivity contribution in [3.8, 4) is 33.6 Å². The number of nitrogens with one attached hydrogen (secondary N) is 2. The number of rotatable bonds is 11. The lowest BCUT2D eigenvalue weighted by Crippen LogP contribution is -2.34. The van der Waals surface area contributed by atoms with E-state index in [2.05, 4.69) is 70.2 Å². The molecule has 4 aromatic rings. The van der Waals surface area contributed by atoms with Crippen LogP contribution >= 0.6 is 0 Å². The molecule has 0 spiro atoms. The van der Waals surface area contributed by atoms with Gasteiger partial charge in [-0.25, -0.2) is 19.6 Å². The number of carbonyl (C=O) groups excluding carboxylic acids is 4. The van der Waals surface area contributed by atoms with Gasteiger partial charge in [0, 0.05) is 18.7 Å². The Morgan fingerprint density at radius 3 is 1.67 bits per heavy atom. The summed E-state index contributed by atoms with van der Waals surface area (Å²) >= 11 is 0. The first-order valence-electron chi connectivity index (χ1n) is 17.7. The van der Waals surface area contributed by atoms with Crippen LogP contribution in [0, 0.1) is 13.8 Å². The van der Waals surface area contributed by atoms with Crippen LogP contribution in [0.5, 0.6) is 0 Å². The van der Waals surface area contributed by atoms with Crippen molar-refractivity contribution >= 4 is 24.0 Å². The van der Waals surface area contributed by atoms with Gasteiger partial charge in [-0.2, -0.15) is 0 Å². The number of primary amides is 2. The summed E-state index contributed by atoms with van der Waals surface area (Å²) in [5.41, 5.74) is 18.4. The second kappa shape index (κ2) is 15.3. The number of hydrogen-bond acceptors (Lipinski definition) is 8. The molecule has 4 atom stereocenters. The van der Waals surface area contributed by atoms with Crippen LogP contribution in [0.25, 0.3) is 33.6 Å². The van der Waals surface area contributed by atoms with Crippen molar-refractivity contribution in [3.63, 3.8) is 0 Å². The van der Waals surface area contributed by atoms with Gasteiger partial charge in [0.15, 0.2) is 0 Å². The molecule has 0 radical (unpaired) electrons. The number of carbonyl (C=O) groups is 4. The van der Waals surface area contributed by atoms with E-state index >= 15 is 0 Å². The molecule has 14 nitrogen and oxygen atoms in total. The van der Waals surface area contributed by atoms with Crippen LogP contribution in [0.1, 0.15) is 87.2 Å². The molecule has 2 saturated heterocycles. The molecule has 4 heterocycles. The van der Waals surface area contributed by atoms with Gasteiger partial charge in [-0.05, 0) is 81.2 Å². The summed E-state index contributed by atoms with van der Waals surface area (Å²) in [4.78, 5) is 68.0. The molecule has 2 fully saturated rings. The maximum Gasteiger partial charge on any atom is 0.404 e. The third kappa shape index (κ3) is 7.80. The highest BCUT2D eigenvalue weighted by atomic mass is 16.6. The normalized spacial score (nSPS) is 18.3. The van der Waals surface area contributed by atoms with Crippen LogP contribution in [0.4, 0.5) is 9.59 Å². The van der Waals surface area contributed by atoms with Crippen molar-refractivity contribution in [1.82, 2.24) is 29.7 Å². The second-order valence-corrected chi connectivity index (χ2v) is 13.7. The van der Waals surface area contributed by atoms with E-state index in [1.807, 2.05) is 6.20 Å². The Balaban J connectivity index is 1.13. The second-order valence-electron chi connectivity index (χ2n) is 13.7. The van der Waals surface area contributed by atoms with Crippen LogP contribution < -0.4 is 11.5 Å². The number of nitrogens with two attached hydrogens (primary N) is 2. The molecule has 52 heavy (non-hydrogen) atoms. The van der Waals surface area contributed by atoms with E-state index in [1.165, 1.54) is 0 Å². The first-order valence-corrected chi connectivity index (χ1v) is 17.7. The fourth-order valence-corrected chi connectivity index (χ4v) is 7.46. The van der Waals surface area contributed by atoms with E-state index < -0.39 is 24.4 Å². The predicted molar refractivity (Wildman–Crippen MR) is 193 cm³/mol. The summed E-state index contributed by atoms with van der Waals surface area (Å²) in [7, 11) is 0. The number of imidazole rings is 2. The van der Waals surface area contributed by atoms with Crippen molar-refractivity contribution in [3.05, 3.63) is 71.6 Å². The maximum atomic E-state index is 13.0. The molecule has 0 aliphatic carbocycles. The largest absolute Gasteiger partial charge is 0.446 e. The summed E-state index contributed by atoms with van der Waals surface area (Å²) in [6.45, 7) is 8.76. The first kappa shape index (κ1) is 36.1. The predicted octanol–water partition coefficient (Wildman–Crippen LogP) is 5.83. The molecular weight excluding hydrogens is 664 g/mol. The molecule has 14 heteroatoms. The Hall–Kier alpha value is -5.66. The number of likely N-dealkylation sites (tertiary alicyclic amines) is 2. The number of amides is 4. The van der Waals surface area contributed by atoms with E-state index in [9.17, 15) is 19.2 Å². The molecule has 2 aliphatic heterocycles. The maximum absolute atomic E-state index is 13.0. The van der Waals surface area contributed by atoms with Crippen LogP contribution in [0.2, 0.25) is 0 Å². The lowest BCUT2D eigenvalue weighted by atomic mass is 9.92. The van der Waals surface area contributed by atoms with Crippen LogP contribution in [0.15, 0.2) is 48.8 Å². The van der Waals surface area contributed by atoms with Gasteiger partial charge in [0.2, 0.25) is 11.8 Å². The molecule has 4 amide bonds. The van der Waals surface area contributed by atoms with Gasteiger partial charge in [0.05, 0.1) is 48.7 Å². The van der Waals surface area contributed by atoms with E-state index in [4.69, 9.17) is 20.9 Å². The highest BCUT2D eigenvalue weighted by molar-refractivity contribution is 5.79. The van der Waals surface area contributed by atoms with Gasteiger partial charge in [-0.15, -0.1) is 0 Å². The Morgan fingerprint density at radius 2 is 1.15 bits per heavy atom. The Bertz CT molecular complexity index is 1950. The molecule has 6 N–H and O–H groups in total. The van der Waals surface area contributed by atoms with Crippen LogP contribution in [-0.4, -0.2) is 79.0 Å². The summed E-state index contributed by atoms with van der Waals surface area (Å²) in [5, 5.41) is 0. The number of ether oxygens (including phenoxy) is 2. The van der Waals surface area contributed by atoms with Crippen molar-refractivity contribution in [2.45, 2.75) is 90.5 Å². The van der Waals surface area contributed by atoms with Crippen molar-refractivity contribution in [2.24, 2.45) is 11.5 Å². The molecule has 0 bridgehead atoms. The van der Waals surface area contributed by atoms with Gasteiger partial charge in [0.25, 0.3) is 0 Å². The minimum Gasteiger partial charge on any atom is -0.446 e. The Morgan fingerprint density at radius 1 is 0.712 bits per heavy atom. The third-order valence-electron chi connectivity index (χ3n) is 10.1. The van der Waals surface area contributed by atoms with E-state index in [1.54, 1.807) is 29.8 Å². The third-order valence-corrected chi connectivity index (χ3v) is 10.1. The number of benzene rings is 2. The Kier molecular flexibility index (Phi) is 10.6. The minimum absolute atomic E-state index is 0.0653. The lowest BCUT2D eigenvalue weighted by Gasteiger charge is -2.24. The summed E-state index contributed by atoms with van der Waals surface area (Å²) < 4.78 is 9.91. The number of aromatic amines is 2. The number of aromatic nitrogens is 4. The van der Waals surface area contributed by atoms with E-state index in [0.717, 1.165) is 82.1 Å². The van der Waals surface area contributed by atoms with Gasteiger partial charge in [-0.1, -0.05) is 36.4 Å². The molecule has 2 aromatic heterocycles. The van der Waals surface area contributed by atoms with Gasteiger partial charge >= 0.3 is 12.2 Å². The van der Waals surface area contributed by atoms with Crippen LogP contribution in [0.3, 0.4) is 0 Å². The average molecular weight is 711 g/mol. The quantitative estimate of drug-likeness (QED) is 0.149. The highest BCUT2D eigenvalue weighted by Crippen LogP contribution is 2.37. The van der Waals surface area contributed by atoms with E-state index in [-0.39, 0.29) is 36.7 Å². The molecule has 0 unspecified atom stereocenters. The fourth-order valence-electron chi connectivity index (χ4n) is 7.46. The lowest BCUT2D eigenvalue weighted by molar-refractivity contribution is -0.135. The average Bonchev–Trinajstić information content (AvgIpc) is 3.91. The van der Waals surface area contributed by atoms with Crippen molar-refractivity contribution < 1.29 is 28.7 Å².